The van der Waals surface area contributed by atoms with Crippen molar-refractivity contribution < 1.29 is 18.0 Å². The Morgan fingerprint density at radius 1 is 1.24 bits per heavy atom. The van der Waals surface area contributed by atoms with E-state index in [2.05, 4.69) is 10.7 Å². The highest BCUT2D eigenvalue weighted by Crippen LogP contribution is 2.31. The number of benzene rings is 1. The van der Waals surface area contributed by atoms with Crippen LogP contribution in [-0.2, 0) is 6.18 Å². The number of amides is 1. The second-order valence-corrected chi connectivity index (χ2v) is 5.97. The molecular weight excluding hydrogens is 283 g/mol. The van der Waals surface area contributed by atoms with Crippen LogP contribution in [0.15, 0.2) is 18.2 Å². The van der Waals surface area contributed by atoms with Gasteiger partial charge in [-0.1, -0.05) is 20.8 Å². The Kier molecular flexibility index (Phi) is 5.22. The molecule has 0 aliphatic carbocycles. The van der Waals surface area contributed by atoms with Gasteiger partial charge in [0.25, 0.3) is 5.91 Å². The van der Waals surface area contributed by atoms with Crippen molar-refractivity contribution in [1.82, 2.24) is 5.32 Å². The fourth-order valence-electron chi connectivity index (χ4n) is 1.68. The zero-order valence-electron chi connectivity index (χ0n) is 12.3. The lowest BCUT2D eigenvalue weighted by atomic mass is 9.92. The zero-order valence-corrected chi connectivity index (χ0v) is 12.3. The summed E-state index contributed by atoms with van der Waals surface area (Å²) in [5, 5.41) is 2.61. The van der Waals surface area contributed by atoms with E-state index in [4.69, 9.17) is 5.84 Å². The van der Waals surface area contributed by atoms with Crippen molar-refractivity contribution >= 4 is 11.6 Å². The molecule has 1 aromatic carbocycles. The van der Waals surface area contributed by atoms with E-state index in [1.165, 1.54) is 0 Å². The van der Waals surface area contributed by atoms with Crippen LogP contribution in [0.25, 0.3) is 0 Å². The Morgan fingerprint density at radius 3 is 2.33 bits per heavy atom. The van der Waals surface area contributed by atoms with Crippen LogP contribution in [0.2, 0.25) is 0 Å². The fraction of sp³-hybridized carbons (Fsp3) is 0.500. The first-order valence-corrected chi connectivity index (χ1v) is 6.50. The first-order valence-electron chi connectivity index (χ1n) is 6.50. The van der Waals surface area contributed by atoms with E-state index < -0.39 is 17.6 Å². The summed E-state index contributed by atoms with van der Waals surface area (Å²) in [6, 6.07) is 2.81. The van der Waals surface area contributed by atoms with Crippen LogP contribution in [-0.4, -0.2) is 12.5 Å². The molecule has 4 N–H and O–H groups in total. The molecule has 4 nitrogen and oxygen atoms in total. The van der Waals surface area contributed by atoms with Gasteiger partial charge in [-0.25, -0.2) is 0 Å². The molecule has 7 heteroatoms. The number of nitrogens with two attached hydrogens (primary N) is 1. The molecule has 0 atom stereocenters. The Balaban J connectivity index is 2.91. The van der Waals surface area contributed by atoms with Crippen LogP contribution in [0.5, 0.6) is 0 Å². The van der Waals surface area contributed by atoms with Crippen molar-refractivity contribution in [2.24, 2.45) is 11.3 Å². The molecule has 0 saturated heterocycles. The van der Waals surface area contributed by atoms with E-state index in [0.29, 0.717) is 13.0 Å². The minimum absolute atomic E-state index is 0.0239. The quantitative estimate of drug-likeness (QED) is 0.591. The molecule has 0 aliphatic rings. The lowest BCUT2D eigenvalue weighted by Gasteiger charge is -2.18. The summed E-state index contributed by atoms with van der Waals surface area (Å²) < 4.78 is 38.1. The van der Waals surface area contributed by atoms with E-state index in [9.17, 15) is 18.0 Å². The number of carbonyl (C=O) groups is 1. The number of hydrogen-bond acceptors (Lipinski definition) is 3. The number of nitrogens with one attached hydrogen (secondary N) is 2. The second-order valence-electron chi connectivity index (χ2n) is 5.97. The lowest BCUT2D eigenvalue weighted by Crippen LogP contribution is -2.28. The van der Waals surface area contributed by atoms with Crippen molar-refractivity contribution in [2.45, 2.75) is 33.4 Å². The highest BCUT2D eigenvalue weighted by Gasteiger charge is 2.31. The molecule has 21 heavy (non-hydrogen) atoms. The van der Waals surface area contributed by atoms with Gasteiger partial charge in [0.05, 0.1) is 16.8 Å². The van der Waals surface area contributed by atoms with Crippen LogP contribution in [0.1, 0.15) is 43.1 Å². The summed E-state index contributed by atoms with van der Waals surface area (Å²) >= 11 is 0. The lowest BCUT2D eigenvalue weighted by molar-refractivity contribution is -0.137. The molecule has 0 unspecified atom stereocenters. The van der Waals surface area contributed by atoms with Crippen molar-refractivity contribution in [1.29, 1.82) is 0 Å². The Bertz CT molecular complexity index is 507. The average Bonchev–Trinajstić information content (AvgIpc) is 2.35. The molecule has 0 aliphatic heterocycles. The molecule has 0 heterocycles. The highest BCUT2D eigenvalue weighted by atomic mass is 19.4. The molecular formula is C14H20F3N3O. The van der Waals surface area contributed by atoms with E-state index in [1.807, 2.05) is 20.8 Å². The minimum Gasteiger partial charge on any atom is -0.352 e. The Hall–Kier alpha value is -1.76. The van der Waals surface area contributed by atoms with Crippen LogP contribution in [0, 0.1) is 5.41 Å². The van der Waals surface area contributed by atoms with E-state index >= 15 is 0 Å². The average molecular weight is 303 g/mol. The summed E-state index contributed by atoms with van der Waals surface area (Å²) in [6.45, 7) is 6.41. The van der Waals surface area contributed by atoms with E-state index in [-0.39, 0.29) is 16.7 Å². The topological polar surface area (TPSA) is 67.2 Å². The first-order chi connectivity index (χ1) is 9.54. The number of alkyl halides is 3. The van der Waals surface area contributed by atoms with Gasteiger partial charge in [0.1, 0.15) is 0 Å². The van der Waals surface area contributed by atoms with Crippen LogP contribution < -0.4 is 16.6 Å². The fourth-order valence-corrected chi connectivity index (χ4v) is 1.68. The Morgan fingerprint density at radius 2 is 1.86 bits per heavy atom. The summed E-state index contributed by atoms with van der Waals surface area (Å²) in [7, 11) is 0. The number of hydrazine groups is 1. The van der Waals surface area contributed by atoms with Gasteiger partial charge in [-0.3, -0.25) is 10.6 Å². The van der Waals surface area contributed by atoms with Gasteiger partial charge in [-0.05, 0) is 30.0 Å². The molecule has 0 spiro atoms. The SMILES string of the molecule is CC(C)(C)CCNC(=O)c1cc(C(F)(F)F)ccc1NN. The number of anilines is 1. The Labute approximate surface area is 121 Å². The first kappa shape index (κ1) is 17.3. The van der Waals surface area contributed by atoms with Gasteiger partial charge in [0.2, 0.25) is 0 Å². The van der Waals surface area contributed by atoms with Crippen molar-refractivity contribution in [2.75, 3.05) is 12.0 Å². The van der Waals surface area contributed by atoms with E-state index in [1.54, 1.807) is 0 Å². The molecule has 0 saturated carbocycles. The molecule has 1 amide bonds. The third kappa shape index (κ3) is 5.26. The zero-order chi connectivity index (χ0) is 16.3. The molecule has 0 radical (unpaired) electrons. The predicted molar refractivity (Wildman–Crippen MR) is 75.7 cm³/mol. The van der Waals surface area contributed by atoms with Crippen LogP contribution in [0.4, 0.5) is 18.9 Å². The normalized spacial score (nSPS) is 12.1. The maximum absolute atomic E-state index is 12.7. The van der Waals surface area contributed by atoms with Crippen molar-refractivity contribution in [3.63, 3.8) is 0 Å². The molecule has 118 valence electrons. The smallest absolute Gasteiger partial charge is 0.352 e. The summed E-state index contributed by atoms with van der Waals surface area (Å²) in [4.78, 5) is 12.0. The van der Waals surface area contributed by atoms with E-state index in [0.717, 1.165) is 18.2 Å². The number of carbonyl (C=O) groups excluding carboxylic acids is 1. The number of nitrogen functional groups attached to an aromatic ring is 1. The summed E-state index contributed by atoms with van der Waals surface area (Å²) in [6.07, 6.45) is -3.79. The molecule has 0 fully saturated rings. The maximum Gasteiger partial charge on any atom is 0.416 e. The second kappa shape index (κ2) is 6.34. The molecule has 1 rings (SSSR count). The third-order valence-electron chi connectivity index (χ3n) is 2.91. The third-order valence-corrected chi connectivity index (χ3v) is 2.91. The predicted octanol–water partition coefficient (Wildman–Crippen LogP) is 3.16. The van der Waals surface area contributed by atoms with Crippen molar-refractivity contribution in [3.8, 4) is 0 Å². The van der Waals surface area contributed by atoms with Crippen molar-refractivity contribution in [3.05, 3.63) is 29.3 Å². The molecule has 1 aromatic rings. The largest absolute Gasteiger partial charge is 0.416 e. The number of hydrogen-bond donors (Lipinski definition) is 3. The maximum atomic E-state index is 12.7. The van der Waals surface area contributed by atoms with Gasteiger partial charge in [-0.15, -0.1) is 0 Å². The summed E-state index contributed by atoms with van der Waals surface area (Å²) in [5.41, 5.74) is 1.40. The van der Waals surface area contributed by atoms with Crippen LogP contribution in [0.3, 0.4) is 0 Å². The van der Waals surface area contributed by atoms with Crippen LogP contribution >= 0.6 is 0 Å². The summed E-state index contributed by atoms with van der Waals surface area (Å²) in [5.74, 6) is 4.65. The highest BCUT2D eigenvalue weighted by molar-refractivity contribution is 5.99. The number of rotatable bonds is 4. The minimum atomic E-state index is -4.51. The van der Waals surface area contributed by atoms with Gasteiger partial charge in [-0.2, -0.15) is 13.2 Å². The number of halogens is 3. The van der Waals surface area contributed by atoms with Gasteiger partial charge < -0.3 is 10.7 Å². The molecule has 0 aromatic heterocycles. The monoisotopic (exact) mass is 303 g/mol. The molecule has 0 bridgehead atoms. The van der Waals surface area contributed by atoms with Gasteiger partial charge >= 0.3 is 6.18 Å². The standard InChI is InChI=1S/C14H20F3N3O/c1-13(2,3)6-7-19-12(21)10-8-9(14(15,16)17)4-5-11(10)20-18/h4-5,8,20H,6-7,18H2,1-3H3,(H,19,21). The van der Waals surface area contributed by atoms with Gasteiger partial charge in [0, 0.05) is 6.54 Å². The van der Waals surface area contributed by atoms with Gasteiger partial charge in [0.15, 0.2) is 0 Å².